The lowest BCUT2D eigenvalue weighted by Gasteiger charge is -2.14. The highest BCUT2D eigenvalue weighted by Gasteiger charge is 2.30. The zero-order valence-electron chi connectivity index (χ0n) is 23.9. The van der Waals surface area contributed by atoms with Crippen LogP contribution in [0.25, 0.3) is 22.4 Å². The van der Waals surface area contributed by atoms with E-state index in [1.54, 1.807) is 47.4 Å². The molecule has 3 aromatic heterocycles. The van der Waals surface area contributed by atoms with Crippen molar-refractivity contribution in [1.29, 1.82) is 0 Å². The van der Waals surface area contributed by atoms with Crippen LogP contribution in [0.3, 0.4) is 0 Å². The number of halogens is 3. The number of hydrogen-bond acceptors (Lipinski definition) is 8. The van der Waals surface area contributed by atoms with E-state index in [2.05, 4.69) is 20.7 Å². The van der Waals surface area contributed by atoms with E-state index >= 15 is 0 Å². The molecule has 0 bridgehead atoms. The second-order valence-corrected chi connectivity index (χ2v) is 10.1. The number of carbonyl (C=O) groups excluding carboxylic acids is 1. The van der Waals surface area contributed by atoms with E-state index in [0.717, 1.165) is 24.2 Å². The van der Waals surface area contributed by atoms with Gasteiger partial charge in [0, 0.05) is 41.3 Å². The molecular weight excluding hydrogens is 561 g/mol. The maximum absolute atomic E-state index is 13.1. The number of alkyl halides is 3. The number of pyridine rings is 1. The van der Waals surface area contributed by atoms with Gasteiger partial charge >= 0.3 is 6.18 Å². The molecule has 0 fully saturated rings. The van der Waals surface area contributed by atoms with Crippen molar-refractivity contribution in [2.24, 2.45) is 0 Å². The molecule has 0 atom stereocenters. The maximum atomic E-state index is 13.1. The number of aryl methyl sites for hydroxylation is 1. The maximum Gasteiger partial charge on any atom is 0.416 e. The smallest absolute Gasteiger partial charge is 0.416 e. The van der Waals surface area contributed by atoms with Gasteiger partial charge < -0.3 is 20.3 Å². The van der Waals surface area contributed by atoms with Crippen molar-refractivity contribution in [2.45, 2.75) is 19.6 Å². The van der Waals surface area contributed by atoms with Crippen LogP contribution in [0.2, 0.25) is 0 Å². The summed E-state index contributed by atoms with van der Waals surface area (Å²) < 4.78 is 46.4. The number of nitrogens with one attached hydrogen (secondary N) is 2. The Morgan fingerprint density at radius 1 is 1.05 bits per heavy atom. The van der Waals surface area contributed by atoms with E-state index in [-0.39, 0.29) is 11.3 Å². The summed E-state index contributed by atoms with van der Waals surface area (Å²) in [6, 6.07) is 13.0. The Hall–Kier alpha value is -5.04. The number of fused-ring (bicyclic) bond motifs is 1. The molecule has 0 radical (unpaired) electrons. The quantitative estimate of drug-likeness (QED) is 0.222. The third kappa shape index (κ3) is 6.72. The number of amides is 1. The van der Waals surface area contributed by atoms with Gasteiger partial charge in [0.25, 0.3) is 5.91 Å². The Bertz CT molecular complexity index is 1770. The van der Waals surface area contributed by atoms with Crippen LogP contribution in [0, 0.1) is 6.92 Å². The molecule has 0 aliphatic carbocycles. The topological polar surface area (TPSA) is 110 Å². The first-order valence-electron chi connectivity index (χ1n) is 13.3. The van der Waals surface area contributed by atoms with E-state index in [1.165, 1.54) is 19.2 Å². The normalized spacial score (nSPS) is 11.6. The van der Waals surface area contributed by atoms with E-state index in [9.17, 15) is 18.0 Å². The molecule has 0 aliphatic heterocycles. The zero-order chi connectivity index (χ0) is 30.7. The molecule has 5 rings (SSSR count). The van der Waals surface area contributed by atoms with Gasteiger partial charge in [0.1, 0.15) is 5.82 Å². The SMILES string of the molecule is COc1ccc(-c2nc(Nc3cc(C(=O)Nc4cccc(C(F)(F)F)c4)ccc3C)c3cnn(CCN(C)C)c3n2)cn1. The zero-order valence-corrected chi connectivity index (χ0v) is 23.9. The van der Waals surface area contributed by atoms with Gasteiger partial charge in [-0.15, -0.1) is 0 Å². The van der Waals surface area contributed by atoms with Crippen LogP contribution in [0.15, 0.2) is 67.0 Å². The van der Waals surface area contributed by atoms with E-state index < -0.39 is 17.6 Å². The highest BCUT2D eigenvalue weighted by atomic mass is 19.4. The minimum atomic E-state index is -4.52. The number of hydrogen-bond donors (Lipinski definition) is 2. The average Bonchev–Trinajstić information content (AvgIpc) is 3.40. The predicted molar refractivity (Wildman–Crippen MR) is 158 cm³/mol. The monoisotopic (exact) mass is 590 g/mol. The third-order valence-corrected chi connectivity index (χ3v) is 6.66. The molecule has 2 aromatic carbocycles. The molecule has 5 aromatic rings. The summed E-state index contributed by atoms with van der Waals surface area (Å²) >= 11 is 0. The molecule has 13 heteroatoms. The van der Waals surface area contributed by atoms with Crippen molar-refractivity contribution in [3.63, 3.8) is 0 Å². The molecule has 0 saturated carbocycles. The number of benzene rings is 2. The summed E-state index contributed by atoms with van der Waals surface area (Å²) in [6.07, 6.45) is -1.22. The van der Waals surface area contributed by atoms with Crippen LogP contribution in [0.5, 0.6) is 5.88 Å². The summed E-state index contributed by atoms with van der Waals surface area (Å²) in [5.74, 6) is 0.769. The van der Waals surface area contributed by atoms with Crippen LogP contribution in [-0.4, -0.2) is 63.3 Å². The van der Waals surface area contributed by atoms with Gasteiger partial charge in [-0.25, -0.2) is 19.6 Å². The highest BCUT2D eigenvalue weighted by Crippen LogP contribution is 2.32. The molecule has 1 amide bonds. The Balaban J connectivity index is 1.49. The lowest BCUT2D eigenvalue weighted by Crippen LogP contribution is -2.19. The van der Waals surface area contributed by atoms with Crippen molar-refractivity contribution in [3.8, 4) is 17.3 Å². The Labute approximate surface area is 245 Å². The summed E-state index contributed by atoms with van der Waals surface area (Å²) in [6.45, 7) is 3.20. The summed E-state index contributed by atoms with van der Waals surface area (Å²) in [7, 11) is 5.48. The van der Waals surface area contributed by atoms with Crippen molar-refractivity contribution >= 4 is 34.1 Å². The van der Waals surface area contributed by atoms with Crippen molar-refractivity contribution in [2.75, 3.05) is 38.4 Å². The van der Waals surface area contributed by atoms with E-state index in [4.69, 9.17) is 14.7 Å². The number of nitrogens with zero attached hydrogens (tertiary/aromatic N) is 6. The second kappa shape index (κ2) is 12.1. The standard InChI is InChI=1S/C30H29F3N8O2/c1-18-8-9-19(29(42)36-22-7-5-6-21(15-22)30(31,32)33)14-24(18)37-27-23-17-35-41(13-12-40(2)3)28(23)39-26(38-27)20-10-11-25(43-4)34-16-20/h5-11,14-17H,12-13H2,1-4H3,(H,36,42)(H,37,38,39). The molecule has 0 aliphatic rings. The third-order valence-electron chi connectivity index (χ3n) is 6.66. The van der Waals surface area contributed by atoms with Crippen molar-refractivity contribution in [1.82, 2.24) is 29.6 Å². The van der Waals surface area contributed by atoms with Crippen molar-refractivity contribution < 1.29 is 22.7 Å². The number of carbonyl (C=O) groups is 1. The molecule has 0 unspecified atom stereocenters. The number of anilines is 3. The first-order valence-corrected chi connectivity index (χ1v) is 13.3. The first kappa shape index (κ1) is 29.5. The number of ether oxygens (including phenoxy) is 1. The van der Waals surface area contributed by atoms with Crippen molar-refractivity contribution in [3.05, 3.63) is 83.7 Å². The predicted octanol–water partition coefficient (Wildman–Crippen LogP) is 5.78. The molecule has 43 heavy (non-hydrogen) atoms. The van der Waals surface area contributed by atoms with Gasteiger partial charge in [-0.05, 0) is 63.0 Å². The molecule has 0 saturated heterocycles. The highest BCUT2D eigenvalue weighted by molar-refractivity contribution is 6.05. The Morgan fingerprint density at radius 3 is 2.56 bits per heavy atom. The molecular formula is C30H29F3N8O2. The van der Waals surface area contributed by atoms with Gasteiger partial charge in [-0.3, -0.25) is 4.79 Å². The lowest BCUT2D eigenvalue weighted by molar-refractivity contribution is -0.137. The van der Waals surface area contributed by atoms with Gasteiger partial charge in [0.2, 0.25) is 5.88 Å². The van der Waals surface area contributed by atoms with Gasteiger partial charge in [0.05, 0.1) is 30.8 Å². The minimum absolute atomic E-state index is 0.0373. The van der Waals surface area contributed by atoms with Gasteiger partial charge in [-0.1, -0.05) is 12.1 Å². The fourth-order valence-corrected chi connectivity index (χ4v) is 4.27. The van der Waals surface area contributed by atoms with Crippen LogP contribution in [0.1, 0.15) is 21.5 Å². The average molecular weight is 591 g/mol. The fraction of sp³-hybridized carbons (Fsp3) is 0.233. The Kier molecular flexibility index (Phi) is 8.26. The number of aromatic nitrogens is 5. The minimum Gasteiger partial charge on any atom is -0.481 e. The second-order valence-electron chi connectivity index (χ2n) is 10.1. The van der Waals surface area contributed by atoms with Gasteiger partial charge in [-0.2, -0.15) is 18.3 Å². The molecule has 0 spiro atoms. The van der Waals surface area contributed by atoms with Crippen LogP contribution >= 0.6 is 0 Å². The Morgan fingerprint density at radius 2 is 1.86 bits per heavy atom. The lowest BCUT2D eigenvalue weighted by atomic mass is 10.1. The van der Waals surface area contributed by atoms with Crippen LogP contribution in [-0.2, 0) is 12.7 Å². The molecule has 222 valence electrons. The number of rotatable bonds is 9. The van der Waals surface area contributed by atoms with Gasteiger partial charge in [0.15, 0.2) is 11.5 Å². The molecule has 10 nitrogen and oxygen atoms in total. The molecule has 2 N–H and O–H groups in total. The molecule has 3 heterocycles. The largest absolute Gasteiger partial charge is 0.481 e. The summed E-state index contributed by atoms with van der Waals surface area (Å²) in [5, 5.41) is 11.1. The van der Waals surface area contributed by atoms with Crippen LogP contribution in [0.4, 0.5) is 30.4 Å². The number of likely N-dealkylation sites (N-methyl/N-ethyl adjacent to an activating group) is 1. The van der Waals surface area contributed by atoms with E-state index in [0.29, 0.717) is 46.4 Å². The summed E-state index contributed by atoms with van der Waals surface area (Å²) in [5.41, 5.74) is 2.11. The fourth-order valence-electron chi connectivity index (χ4n) is 4.27. The number of methoxy groups -OCH3 is 1. The van der Waals surface area contributed by atoms with E-state index in [1.807, 2.05) is 25.9 Å². The van der Waals surface area contributed by atoms with Crippen LogP contribution < -0.4 is 15.4 Å². The first-order chi connectivity index (χ1) is 20.5. The summed E-state index contributed by atoms with van der Waals surface area (Å²) in [4.78, 5) is 28.9.